The van der Waals surface area contributed by atoms with Crippen molar-refractivity contribution in [1.29, 1.82) is 0 Å². The maximum absolute atomic E-state index is 12.8. The molecule has 1 N–H and O–H groups in total. The summed E-state index contributed by atoms with van der Waals surface area (Å²) in [6, 6.07) is 7.99. The summed E-state index contributed by atoms with van der Waals surface area (Å²) < 4.78 is 1.81. The fourth-order valence-corrected chi connectivity index (χ4v) is 4.65. The van der Waals surface area contributed by atoms with Crippen LogP contribution < -0.4 is 5.56 Å². The molecule has 2 heterocycles. The molecule has 1 saturated carbocycles. The van der Waals surface area contributed by atoms with E-state index in [1.54, 1.807) is 16.3 Å². The van der Waals surface area contributed by atoms with Gasteiger partial charge < -0.3 is 4.98 Å². The number of rotatable bonds is 3. The van der Waals surface area contributed by atoms with Gasteiger partial charge in [-0.15, -0.1) is 0 Å². The number of hydrogen-bond acceptors (Lipinski definition) is 3. The Morgan fingerprint density at radius 3 is 2.86 bits per heavy atom. The van der Waals surface area contributed by atoms with Crippen molar-refractivity contribution in [1.82, 2.24) is 14.5 Å². The molecular weight excluding hydrogens is 294 g/mol. The Morgan fingerprint density at radius 1 is 1.32 bits per heavy atom. The van der Waals surface area contributed by atoms with Crippen LogP contribution in [-0.2, 0) is 6.54 Å². The lowest BCUT2D eigenvalue weighted by Gasteiger charge is -2.13. The van der Waals surface area contributed by atoms with Crippen LogP contribution >= 0.6 is 11.8 Å². The van der Waals surface area contributed by atoms with Crippen molar-refractivity contribution in [2.45, 2.75) is 49.6 Å². The molecule has 4 rings (SSSR count). The number of aromatic nitrogens is 3. The molecule has 114 valence electrons. The summed E-state index contributed by atoms with van der Waals surface area (Å²) >= 11 is 1.78. The molecule has 2 aromatic heterocycles. The van der Waals surface area contributed by atoms with E-state index in [1.807, 2.05) is 31.2 Å². The molecule has 1 aliphatic rings. The first kappa shape index (κ1) is 13.9. The van der Waals surface area contributed by atoms with Gasteiger partial charge in [0.2, 0.25) is 0 Å². The van der Waals surface area contributed by atoms with E-state index >= 15 is 0 Å². The van der Waals surface area contributed by atoms with Crippen molar-refractivity contribution in [3.63, 3.8) is 0 Å². The van der Waals surface area contributed by atoms with E-state index in [0.717, 1.165) is 21.6 Å². The SMILES string of the molecule is CCn1c(SC2CCCC2)nc2c([nH]c3ccccc32)c1=O. The van der Waals surface area contributed by atoms with Gasteiger partial charge in [-0.2, -0.15) is 0 Å². The molecule has 0 radical (unpaired) electrons. The predicted octanol–water partition coefficient (Wildman–Crippen LogP) is 3.93. The first-order chi connectivity index (χ1) is 10.8. The zero-order chi connectivity index (χ0) is 15.1. The molecule has 0 bridgehead atoms. The molecule has 1 aromatic carbocycles. The Labute approximate surface area is 132 Å². The Morgan fingerprint density at radius 2 is 2.09 bits per heavy atom. The monoisotopic (exact) mass is 313 g/mol. The molecule has 0 aliphatic heterocycles. The van der Waals surface area contributed by atoms with Gasteiger partial charge in [-0.3, -0.25) is 9.36 Å². The molecule has 3 aromatic rings. The lowest BCUT2D eigenvalue weighted by molar-refractivity contribution is 0.631. The van der Waals surface area contributed by atoms with Gasteiger partial charge in [0.25, 0.3) is 5.56 Å². The number of benzene rings is 1. The van der Waals surface area contributed by atoms with E-state index in [0.29, 0.717) is 17.3 Å². The van der Waals surface area contributed by atoms with E-state index in [9.17, 15) is 4.79 Å². The second kappa shape index (κ2) is 5.47. The van der Waals surface area contributed by atoms with Gasteiger partial charge in [0, 0.05) is 22.7 Å². The van der Waals surface area contributed by atoms with E-state index in [-0.39, 0.29) is 5.56 Å². The van der Waals surface area contributed by atoms with Crippen LogP contribution in [0.4, 0.5) is 0 Å². The van der Waals surface area contributed by atoms with Crippen LogP contribution in [0.1, 0.15) is 32.6 Å². The molecule has 0 amide bonds. The molecule has 1 fully saturated rings. The molecule has 1 aliphatic carbocycles. The zero-order valence-electron chi connectivity index (χ0n) is 12.6. The maximum atomic E-state index is 12.8. The summed E-state index contributed by atoms with van der Waals surface area (Å²) in [7, 11) is 0. The van der Waals surface area contributed by atoms with Crippen molar-refractivity contribution in [2.24, 2.45) is 0 Å². The first-order valence-corrected chi connectivity index (χ1v) is 8.84. The van der Waals surface area contributed by atoms with Crippen molar-refractivity contribution in [2.75, 3.05) is 0 Å². The number of nitrogens with one attached hydrogen (secondary N) is 1. The van der Waals surface area contributed by atoms with E-state index < -0.39 is 0 Å². The number of nitrogens with zero attached hydrogens (tertiary/aromatic N) is 2. The van der Waals surface area contributed by atoms with Crippen LogP contribution in [0.25, 0.3) is 21.9 Å². The van der Waals surface area contributed by atoms with Gasteiger partial charge in [-0.25, -0.2) is 4.98 Å². The summed E-state index contributed by atoms with van der Waals surface area (Å²) in [6.45, 7) is 2.67. The summed E-state index contributed by atoms with van der Waals surface area (Å²) in [6.07, 6.45) is 5.05. The minimum absolute atomic E-state index is 0.0456. The third-order valence-corrected chi connectivity index (χ3v) is 5.79. The largest absolute Gasteiger partial charge is 0.349 e. The molecule has 4 nitrogen and oxygen atoms in total. The van der Waals surface area contributed by atoms with Crippen LogP contribution in [0.2, 0.25) is 0 Å². The third kappa shape index (κ3) is 2.15. The topological polar surface area (TPSA) is 50.7 Å². The highest BCUT2D eigenvalue weighted by atomic mass is 32.2. The first-order valence-electron chi connectivity index (χ1n) is 7.96. The average molecular weight is 313 g/mol. The van der Waals surface area contributed by atoms with Crippen molar-refractivity contribution in [3.05, 3.63) is 34.6 Å². The smallest absolute Gasteiger partial charge is 0.278 e. The summed E-state index contributed by atoms with van der Waals surface area (Å²) in [5.41, 5.74) is 2.46. The van der Waals surface area contributed by atoms with Crippen molar-refractivity contribution < 1.29 is 0 Å². The van der Waals surface area contributed by atoms with E-state index in [4.69, 9.17) is 4.98 Å². The Bertz CT molecular complexity index is 890. The number of H-pyrrole nitrogens is 1. The van der Waals surface area contributed by atoms with Gasteiger partial charge in [-0.1, -0.05) is 42.8 Å². The Balaban J connectivity index is 1.94. The minimum Gasteiger partial charge on any atom is -0.349 e. The second-order valence-electron chi connectivity index (χ2n) is 5.86. The molecule has 22 heavy (non-hydrogen) atoms. The number of thioether (sulfide) groups is 1. The Hall–Kier alpha value is -1.75. The number of para-hydroxylation sites is 1. The van der Waals surface area contributed by atoms with Crippen LogP contribution in [0.5, 0.6) is 0 Å². The average Bonchev–Trinajstić information content (AvgIpc) is 3.16. The van der Waals surface area contributed by atoms with Crippen LogP contribution in [0.15, 0.2) is 34.2 Å². The predicted molar refractivity (Wildman–Crippen MR) is 91.6 cm³/mol. The Kier molecular flexibility index (Phi) is 3.45. The standard InChI is InChI=1S/C17H19N3OS/c1-2-20-16(21)15-14(12-9-5-6-10-13(12)18-15)19-17(20)22-11-7-3-4-8-11/h5-6,9-11,18H,2-4,7-8H2,1H3. The lowest BCUT2D eigenvalue weighted by atomic mass is 10.2. The fourth-order valence-electron chi connectivity index (χ4n) is 3.30. The second-order valence-corrected chi connectivity index (χ2v) is 7.13. The van der Waals surface area contributed by atoms with Gasteiger partial charge >= 0.3 is 0 Å². The van der Waals surface area contributed by atoms with Crippen molar-refractivity contribution >= 4 is 33.7 Å². The molecule has 0 atom stereocenters. The lowest BCUT2D eigenvalue weighted by Crippen LogP contribution is -2.23. The number of fused-ring (bicyclic) bond motifs is 3. The third-order valence-electron chi connectivity index (χ3n) is 4.47. The van der Waals surface area contributed by atoms with Gasteiger partial charge in [0.15, 0.2) is 5.16 Å². The maximum Gasteiger partial charge on any atom is 0.278 e. The molecule has 0 saturated heterocycles. The van der Waals surface area contributed by atoms with E-state index in [2.05, 4.69) is 4.98 Å². The fraction of sp³-hybridized carbons (Fsp3) is 0.412. The minimum atomic E-state index is 0.0456. The number of hydrogen-bond donors (Lipinski definition) is 1. The van der Waals surface area contributed by atoms with Crippen LogP contribution in [0.3, 0.4) is 0 Å². The highest BCUT2D eigenvalue weighted by Gasteiger charge is 2.21. The van der Waals surface area contributed by atoms with Crippen molar-refractivity contribution in [3.8, 4) is 0 Å². The van der Waals surface area contributed by atoms with Gasteiger partial charge in [-0.05, 0) is 25.8 Å². The summed E-state index contributed by atoms with van der Waals surface area (Å²) in [5.74, 6) is 0. The highest BCUT2D eigenvalue weighted by Crippen LogP contribution is 2.34. The number of aromatic amines is 1. The molecule has 0 spiro atoms. The van der Waals surface area contributed by atoms with Crippen LogP contribution in [0, 0.1) is 0 Å². The normalized spacial score (nSPS) is 16.0. The van der Waals surface area contributed by atoms with E-state index in [1.165, 1.54) is 25.7 Å². The molecule has 0 unspecified atom stereocenters. The summed E-state index contributed by atoms with van der Waals surface area (Å²) in [5, 5.41) is 2.51. The molecule has 5 heteroatoms. The quantitative estimate of drug-likeness (QED) is 0.745. The molecular formula is C17H19N3OS. The zero-order valence-corrected chi connectivity index (χ0v) is 13.4. The summed E-state index contributed by atoms with van der Waals surface area (Å²) in [4.78, 5) is 20.9. The van der Waals surface area contributed by atoms with Crippen LogP contribution in [-0.4, -0.2) is 19.8 Å². The van der Waals surface area contributed by atoms with Gasteiger partial charge in [0.1, 0.15) is 11.0 Å². The van der Waals surface area contributed by atoms with Gasteiger partial charge in [0.05, 0.1) is 0 Å². The highest BCUT2D eigenvalue weighted by molar-refractivity contribution is 7.99.